The van der Waals surface area contributed by atoms with E-state index in [4.69, 9.17) is 11.6 Å². The molecule has 0 saturated heterocycles. The third-order valence-corrected chi connectivity index (χ3v) is 4.35. The van der Waals surface area contributed by atoms with Crippen molar-refractivity contribution in [2.24, 2.45) is 0 Å². The van der Waals surface area contributed by atoms with Crippen LogP contribution < -0.4 is 5.32 Å². The minimum Gasteiger partial charge on any atom is -0.351 e. The van der Waals surface area contributed by atoms with Gasteiger partial charge in [-0.1, -0.05) is 37.3 Å². The van der Waals surface area contributed by atoms with Gasteiger partial charge in [-0.15, -0.1) is 0 Å². The second kappa shape index (κ2) is 6.10. The summed E-state index contributed by atoms with van der Waals surface area (Å²) in [5.41, 5.74) is 2.87. The predicted molar refractivity (Wildman–Crippen MR) is 84.7 cm³/mol. The number of anilines is 1. The van der Waals surface area contributed by atoms with Crippen LogP contribution in [0.2, 0.25) is 5.15 Å². The molecule has 1 saturated carbocycles. The molecule has 2 heterocycles. The Bertz CT molecular complexity index is 650. The summed E-state index contributed by atoms with van der Waals surface area (Å²) in [4.78, 5) is 17.7. The van der Waals surface area contributed by atoms with Gasteiger partial charge in [-0.05, 0) is 26.7 Å². The first kappa shape index (κ1) is 14.4. The average molecular weight is 306 g/mol. The van der Waals surface area contributed by atoms with Crippen molar-refractivity contribution in [3.63, 3.8) is 0 Å². The lowest BCUT2D eigenvalue weighted by atomic mass is 10.1. The molecule has 1 fully saturated rings. The highest BCUT2D eigenvalue weighted by molar-refractivity contribution is 6.33. The molecule has 2 aromatic heterocycles. The van der Waals surface area contributed by atoms with E-state index in [0.29, 0.717) is 28.3 Å². The van der Waals surface area contributed by atoms with Gasteiger partial charge in [0.05, 0.1) is 11.4 Å². The van der Waals surface area contributed by atoms with Crippen molar-refractivity contribution < 1.29 is 0 Å². The number of nitrogens with zero attached hydrogens (tertiary/aromatic N) is 4. The first-order valence-electron chi connectivity index (χ1n) is 7.58. The van der Waals surface area contributed by atoms with E-state index < -0.39 is 0 Å². The van der Waals surface area contributed by atoms with E-state index in [1.165, 1.54) is 25.7 Å². The molecular formula is C15H20ClN5. The summed E-state index contributed by atoms with van der Waals surface area (Å²) in [6, 6.07) is 0.431. The van der Waals surface area contributed by atoms with Crippen LogP contribution in [0.5, 0.6) is 0 Å². The van der Waals surface area contributed by atoms with Gasteiger partial charge in [0.2, 0.25) is 5.95 Å². The SMILES string of the molecule is Cc1nc2nc(NC3CCCCCC3)nc(Cl)c2nc1C. The first-order chi connectivity index (χ1) is 10.1. The summed E-state index contributed by atoms with van der Waals surface area (Å²) in [7, 11) is 0. The average Bonchev–Trinajstić information content (AvgIpc) is 2.70. The fourth-order valence-corrected chi connectivity index (χ4v) is 2.96. The molecule has 1 aliphatic rings. The van der Waals surface area contributed by atoms with Crippen LogP contribution in [-0.4, -0.2) is 26.0 Å². The highest BCUT2D eigenvalue weighted by Crippen LogP contribution is 2.23. The molecule has 0 unspecified atom stereocenters. The van der Waals surface area contributed by atoms with Gasteiger partial charge in [-0.25, -0.2) is 9.97 Å². The second-order valence-electron chi connectivity index (χ2n) is 5.74. The van der Waals surface area contributed by atoms with Gasteiger partial charge in [0.1, 0.15) is 5.52 Å². The lowest BCUT2D eigenvalue weighted by molar-refractivity contribution is 0.615. The van der Waals surface area contributed by atoms with Crippen LogP contribution in [-0.2, 0) is 0 Å². The highest BCUT2D eigenvalue weighted by atomic mass is 35.5. The van der Waals surface area contributed by atoms with Crippen LogP contribution >= 0.6 is 11.6 Å². The molecule has 1 N–H and O–H groups in total. The number of hydrogen-bond acceptors (Lipinski definition) is 5. The molecule has 1 aliphatic carbocycles. The zero-order chi connectivity index (χ0) is 14.8. The molecule has 0 aliphatic heterocycles. The predicted octanol–water partition coefficient (Wildman–Crippen LogP) is 3.82. The molecule has 0 spiro atoms. The van der Waals surface area contributed by atoms with E-state index in [1.54, 1.807) is 0 Å². The van der Waals surface area contributed by atoms with Crippen molar-refractivity contribution in [2.45, 2.75) is 58.4 Å². The van der Waals surface area contributed by atoms with Gasteiger partial charge in [0.25, 0.3) is 0 Å². The Morgan fingerprint density at radius 1 is 0.905 bits per heavy atom. The normalized spacial score (nSPS) is 16.9. The summed E-state index contributed by atoms with van der Waals surface area (Å²) in [6.45, 7) is 3.84. The molecule has 0 radical (unpaired) electrons. The van der Waals surface area contributed by atoms with Gasteiger partial charge in [-0.3, -0.25) is 0 Å². The van der Waals surface area contributed by atoms with E-state index in [0.717, 1.165) is 24.2 Å². The lowest BCUT2D eigenvalue weighted by Gasteiger charge is -2.16. The lowest BCUT2D eigenvalue weighted by Crippen LogP contribution is -2.20. The second-order valence-corrected chi connectivity index (χ2v) is 6.10. The molecule has 3 rings (SSSR count). The van der Waals surface area contributed by atoms with E-state index in [-0.39, 0.29) is 0 Å². The number of aryl methyl sites for hydroxylation is 2. The number of aromatic nitrogens is 4. The maximum absolute atomic E-state index is 6.24. The summed E-state index contributed by atoms with van der Waals surface area (Å²) in [5.74, 6) is 0.567. The van der Waals surface area contributed by atoms with Gasteiger partial charge in [0, 0.05) is 6.04 Å². The Labute approximate surface area is 129 Å². The smallest absolute Gasteiger partial charge is 0.226 e. The Balaban J connectivity index is 1.90. The molecule has 0 atom stereocenters. The summed E-state index contributed by atoms with van der Waals surface area (Å²) in [5, 5.41) is 3.78. The quantitative estimate of drug-likeness (QED) is 0.675. The first-order valence-corrected chi connectivity index (χ1v) is 7.96. The monoisotopic (exact) mass is 305 g/mol. The zero-order valence-corrected chi connectivity index (χ0v) is 13.2. The van der Waals surface area contributed by atoms with Crippen LogP contribution in [0.3, 0.4) is 0 Å². The van der Waals surface area contributed by atoms with Crippen LogP contribution in [0.1, 0.15) is 49.9 Å². The minimum atomic E-state index is 0.367. The van der Waals surface area contributed by atoms with Gasteiger partial charge in [0.15, 0.2) is 10.8 Å². The number of hydrogen-bond donors (Lipinski definition) is 1. The fraction of sp³-hybridized carbons (Fsp3) is 0.600. The molecule has 21 heavy (non-hydrogen) atoms. The molecule has 112 valence electrons. The Kier molecular flexibility index (Phi) is 4.19. The van der Waals surface area contributed by atoms with Crippen molar-refractivity contribution in [3.8, 4) is 0 Å². The summed E-state index contributed by atoms with van der Waals surface area (Å²) >= 11 is 6.24. The van der Waals surface area contributed by atoms with Crippen molar-refractivity contribution >= 4 is 28.7 Å². The van der Waals surface area contributed by atoms with Crippen molar-refractivity contribution in [3.05, 3.63) is 16.5 Å². The van der Waals surface area contributed by atoms with E-state index in [9.17, 15) is 0 Å². The maximum Gasteiger partial charge on any atom is 0.226 e. The highest BCUT2D eigenvalue weighted by Gasteiger charge is 2.15. The summed E-state index contributed by atoms with van der Waals surface area (Å²) in [6.07, 6.45) is 7.49. The molecule has 6 heteroatoms. The number of halogens is 1. The van der Waals surface area contributed by atoms with Crippen molar-refractivity contribution in [2.75, 3.05) is 5.32 Å². The van der Waals surface area contributed by atoms with Gasteiger partial charge in [-0.2, -0.15) is 9.97 Å². The third-order valence-electron chi connectivity index (χ3n) is 4.09. The third kappa shape index (κ3) is 3.23. The molecular weight excluding hydrogens is 286 g/mol. The van der Waals surface area contributed by atoms with Crippen LogP contribution in [0.15, 0.2) is 0 Å². The molecule has 0 bridgehead atoms. The molecule has 2 aromatic rings. The molecule has 0 amide bonds. The number of rotatable bonds is 2. The molecule has 5 nitrogen and oxygen atoms in total. The van der Waals surface area contributed by atoms with Crippen molar-refractivity contribution in [1.29, 1.82) is 0 Å². The van der Waals surface area contributed by atoms with Crippen LogP contribution in [0, 0.1) is 13.8 Å². The maximum atomic E-state index is 6.24. The Hall–Kier alpha value is -1.49. The van der Waals surface area contributed by atoms with E-state index >= 15 is 0 Å². The summed E-state index contributed by atoms with van der Waals surface area (Å²) < 4.78 is 0. The Morgan fingerprint density at radius 2 is 1.57 bits per heavy atom. The standard InChI is InChI=1S/C15H20ClN5/c1-9-10(2)18-14-12(17-9)13(16)20-15(21-14)19-11-7-5-3-4-6-8-11/h11H,3-8H2,1-2H3,(H,18,19,20,21). The van der Waals surface area contributed by atoms with Crippen molar-refractivity contribution in [1.82, 2.24) is 19.9 Å². The number of fused-ring (bicyclic) bond motifs is 1. The van der Waals surface area contributed by atoms with Gasteiger partial charge < -0.3 is 5.32 Å². The van der Waals surface area contributed by atoms with Crippen LogP contribution in [0.25, 0.3) is 11.2 Å². The number of nitrogens with one attached hydrogen (secondary N) is 1. The van der Waals surface area contributed by atoms with Gasteiger partial charge >= 0.3 is 0 Å². The zero-order valence-electron chi connectivity index (χ0n) is 12.5. The Morgan fingerprint density at radius 3 is 2.29 bits per heavy atom. The largest absolute Gasteiger partial charge is 0.351 e. The molecule has 0 aromatic carbocycles. The van der Waals surface area contributed by atoms with Crippen LogP contribution in [0.4, 0.5) is 5.95 Å². The van der Waals surface area contributed by atoms with E-state index in [1.807, 2.05) is 13.8 Å². The topological polar surface area (TPSA) is 63.6 Å². The minimum absolute atomic E-state index is 0.367. The fourth-order valence-electron chi connectivity index (χ4n) is 2.75. The van der Waals surface area contributed by atoms with E-state index in [2.05, 4.69) is 25.3 Å².